The van der Waals surface area contributed by atoms with Crippen LogP contribution >= 0.6 is 11.3 Å². The molecule has 0 bridgehead atoms. The fourth-order valence-corrected chi connectivity index (χ4v) is 5.65. The van der Waals surface area contributed by atoms with E-state index in [1.54, 1.807) is 17.0 Å². The SMILES string of the molecule is CCc1nc(C)c(C(=O)N2CCN(S(=O)(=O)c3ccc(C(C)C)cc3)CC2)s1. The molecule has 1 fully saturated rings. The van der Waals surface area contributed by atoms with Crippen molar-refractivity contribution >= 4 is 27.3 Å². The molecule has 1 aliphatic rings. The van der Waals surface area contributed by atoms with E-state index in [2.05, 4.69) is 18.8 Å². The lowest BCUT2D eigenvalue weighted by Gasteiger charge is -2.33. The number of amides is 1. The van der Waals surface area contributed by atoms with Crippen molar-refractivity contribution in [3.8, 4) is 0 Å². The first-order valence-corrected chi connectivity index (χ1v) is 11.9. The Kier molecular flexibility index (Phi) is 6.21. The van der Waals surface area contributed by atoms with Gasteiger partial charge >= 0.3 is 0 Å². The lowest BCUT2D eigenvalue weighted by Crippen LogP contribution is -2.50. The van der Waals surface area contributed by atoms with Gasteiger partial charge in [-0.3, -0.25) is 4.79 Å². The molecule has 2 aromatic rings. The molecule has 152 valence electrons. The summed E-state index contributed by atoms with van der Waals surface area (Å²) in [4.78, 5) is 19.9. The molecule has 1 aromatic carbocycles. The summed E-state index contributed by atoms with van der Waals surface area (Å²) < 4.78 is 27.3. The van der Waals surface area contributed by atoms with Crippen LogP contribution in [0.25, 0.3) is 0 Å². The van der Waals surface area contributed by atoms with E-state index < -0.39 is 10.0 Å². The summed E-state index contributed by atoms with van der Waals surface area (Å²) in [5.41, 5.74) is 1.87. The molecule has 6 nitrogen and oxygen atoms in total. The third kappa shape index (κ3) is 4.14. The number of nitrogens with zero attached hydrogens (tertiary/aromatic N) is 3. The maximum Gasteiger partial charge on any atom is 0.265 e. The molecule has 0 unspecified atom stereocenters. The maximum atomic E-state index is 12.9. The van der Waals surface area contributed by atoms with Crippen LogP contribution in [0.2, 0.25) is 0 Å². The number of piperazine rings is 1. The van der Waals surface area contributed by atoms with E-state index >= 15 is 0 Å². The second kappa shape index (κ2) is 8.31. The van der Waals surface area contributed by atoms with E-state index in [1.165, 1.54) is 15.6 Å². The Morgan fingerprint density at radius 2 is 1.75 bits per heavy atom. The average Bonchev–Trinajstić information content (AvgIpc) is 3.08. The Morgan fingerprint density at radius 3 is 2.25 bits per heavy atom. The molecule has 0 spiro atoms. The number of aryl methyl sites for hydroxylation is 2. The van der Waals surface area contributed by atoms with Crippen molar-refractivity contribution in [3.63, 3.8) is 0 Å². The fraction of sp³-hybridized carbons (Fsp3) is 0.500. The van der Waals surface area contributed by atoms with E-state index in [4.69, 9.17) is 0 Å². The van der Waals surface area contributed by atoms with Gasteiger partial charge in [0, 0.05) is 26.2 Å². The number of carbonyl (C=O) groups excluding carboxylic acids is 1. The summed E-state index contributed by atoms with van der Waals surface area (Å²) in [6.07, 6.45) is 0.806. The number of carbonyl (C=O) groups is 1. The summed E-state index contributed by atoms with van der Waals surface area (Å²) in [7, 11) is -3.54. The van der Waals surface area contributed by atoms with Gasteiger partial charge in [0.1, 0.15) is 4.88 Å². The molecule has 8 heteroatoms. The van der Waals surface area contributed by atoms with Gasteiger partial charge in [-0.25, -0.2) is 13.4 Å². The van der Waals surface area contributed by atoms with Crippen molar-refractivity contribution in [2.75, 3.05) is 26.2 Å². The van der Waals surface area contributed by atoms with Crippen molar-refractivity contribution in [1.29, 1.82) is 0 Å². The van der Waals surface area contributed by atoms with Crippen LogP contribution < -0.4 is 0 Å². The Balaban J connectivity index is 1.68. The summed E-state index contributed by atoms with van der Waals surface area (Å²) in [5, 5.41) is 0.951. The Bertz CT molecular complexity index is 942. The highest BCUT2D eigenvalue weighted by molar-refractivity contribution is 7.89. The highest BCUT2D eigenvalue weighted by Gasteiger charge is 2.31. The first kappa shape index (κ1) is 21.0. The van der Waals surface area contributed by atoms with Gasteiger partial charge in [-0.15, -0.1) is 11.3 Å². The molecule has 0 saturated carbocycles. The zero-order chi connectivity index (χ0) is 20.5. The topological polar surface area (TPSA) is 70.6 Å². The van der Waals surface area contributed by atoms with E-state index in [9.17, 15) is 13.2 Å². The highest BCUT2D eigenvalue weighted by atomic mass is 32.2. The Morgan fingerprint density at radius 1 is 1.14 bits per heavy atom. The Hall–Kier alpha value is -1.77. The van der Waals surface area contributed by atoms with Crippen molar-refractivity contribution in [2.24, 2.45) is 0 Å². The molecule has 0 radical (unpaired) electrons. The highest BCUT2D eigenvalue weighted by Crippen LogP contribution is 2.24. The number of hydrogen-bond donors (Lipinski definition) is 0. The zero-order valence-corrected chi connectivity index (χ0v) is 18.4. The van der Waals surface area contributed by atoms with Crippen molar-refractivity contribution in [2.45, 2.75) is 44.9 Å². The number of sulfonamides is 1. The summed E-state index contributed by atoms with van der Waals surface area (Å²) in [6.45, 7) is 9.41. The van der Waals surface area contributed by atoms with E-state index in [0.717, 1.165) is 22.7 Å². The van der Waals surface area contributed by atoms with Crippen LogP contribution in [-0.2, 0) is 16.4 Å². The predicted octanol–water partition coefficient (Wildman–Crippen LogP) is 3.28. The molecule has 1 saturated heterocycles. The monoisotopic (exact) mass is 421 g/mol. The van der Waals surface area contributed by atoms with E-state index in [-0.39, 0.29) is 5.91 Å². The smallest absolute Gasteiger partial charge is 0.265 e. The van der Waals surface area contributed by atoms with Gasteiger partial charge in [0.05, 0.1) is 15.6 Å². The predicted molar refractivity (Wildman–Crippen MR) is 111 cm³/mol. The van der Waals surface area contributed by atoms with Gasteiger partial charge < -0.3 is 4.90 Å². The zero-order valence-electron chi connectivity index (χ0n) is 16.8. The minimum atomic E-state index is -3.54. The van der Waals surface area contributed by atoms with Gasteiger partial charge in [0.25, 0.3) is 5.91 Å². The maximum absolute atomic E-state index is 12.9. The van der Waals surface area contributed by atoms with Gasteiger partial charge in [0.15, 0.2) is 0 Å². The average molecular weight is 422 g/mol. The number of thiazole rings is 1. The van der Waals surface area contributed by atoms with Gasteiger partial charge in [0.2, 0.25) is 10.0 Å². The number of aromatic nitrogens is 1. The van der Waals surface area contributed by atoms with Crippen LogP contribution in [0.1, 0.15) is 52.6 Å². The summed E-state index contributed by atoms with van der Waals surface area (Å²) in [6, 6.07) is 7.09. The normalized spacial score (nSPS) is 16.0. The lowest BCUT2D eigenvalue weighted by atomic mass is 10.0. The minimum Gasteiger partial charge on any atom is -0.335 e. The molecule has 1 amide bonds. The van der Waals surface area contributed by atoms with Crippen molar-refractivity contribution in [3.05, 3.63) is 45.4 Å². The van der Waals surface area contributed by atoms with E-state index in [1.807, 2.05) is 26.0 Å². The summed E-state index contributed by atoms with van der Waals surface area (Å²) >= 11 is 1.43. The largest absolute Gasteiger partial charge is 0.335 e. The van der Waals surface area contributed by atoms with Gasteiger partial charge in [-0.05, 0) is 37.0 Å². The molecule has 0 N–H and O–H groups in total. The number of benzene rings is 1. The standard InChI is InChI=1S/C20H27N3O3S2/c1-5-18-21-15(4)19(27-18)20(24)22-10-12-23(13-11-22)28(25,26)17-8-6-16(7-9-17)14(2)3/h6-9,14H,5,10-13H2,1-4H3. The minimum absolute atomic E-state index is 0.0481. The fourth-order valence-electron chi connectivity index (χ4n) is 3.25. The first-order valence-electron chi connectivity index (χ1n) is 9.59. The number of rotatable bonds is 5. The van der Waals surface area contributed by atoms with Crippen LogP contribution in [0.3, 0.4) is 0 Å². The van der Waals surface area contributed by atoms with Crippen molar-refractivity contribution in [1.82, 2.24) is 14.2 Å². The molecular weight excluding hydrogens is 394 g/mol. The first-order chi connectivity index (χ1) is 13.2. The molecule has 0 atom stereocenters. The van der Waals surface area contributed by atoms with Crippen LogP contribution in [0.4, 0.5) is 0 Å². The van der Waals surface area contributed by atoms with Crippen LogP contribution in [-0.4, -0.2) is 54.7 Å². The van der Waals surface area contributed by atoms with Gasteiger partial charge in [-0.1, -0.05) is 32.9 Å². The second-order valence-corrected chi connectivity index (χ2v) is 10.3. The molecule has 1 aromatic heterocycles. The molecular formula is C20H27N3O3S2. The van der Waals surface area contributed by atoms with Crippen LogP contribution in [0.15, 0.2) is 29.2 Å². The molecule has 2 heterocycles. The molecule has 28 heavy (non-hydrogen) atoms. The van der Waals surface area contributed by atoms with Crippen LogP contribution in [0, 0.1) is 6.92 Å². The lowest BCUT2D eigenvalue weighted by molar-refractivity contribution is 0.0702. The second-order valence-electron chi connectivity index (χ2n) is 7.30. The van der Waals surface area contributed by atoms with Gasteiger partial charge in [-0.2, -0.15) is 4.31 Å². The van der Waals surface area contributed by atoms with Crippen LogP contribution in [0.5, 0.6) is 0 Å². The molecule has 1 aliphatic heterocycles. The summed E-state index contributed by atoms with van der Waals surface area (Å²) in [5.74, 6) is 0.308. The van der Waals surface area contributed by atoms with Crippen molar-refractivity contribution < 1.29 is 13.2 Å². The Labute approximate surface area is 171 Å². The molecule has 3 rings (SSSR count). The van der Waals surface area contributed by atoms with E-state index in [0.29, 0.717) is 41.9 Å². The number of hydrogen-bond acceptors (Lipinski definition) is 5. The quantitative estimate of drug-likeness (QED) is 0.743. The third-order valence-electron chi connectivity index (χ3n) is 5.05. The molecule has 0 aliphatic carbocycles. The third-order valence-corrected chi connectivity index (χ3v) is 8.25.